The number of rotatable bonds is 6. The molecule has 1 aromatic carbocycles. The van der Waals surface area contributed by atoms with E-state index in [9.17, 15) is 0 Å². The maximum Gasteiger partial charge on any atom is 0.170 e. The molecule has 2 aliphatic rings. The summed E-state index contributed by atoms with van der Waals surface area (Å²) in [6, 6.07) is 7.92. The van der Waals surface area contributed by atoms with Crippen LogP contribution >= 0.6 is 12.2 Å². The molecule has 26 heavy (non-hydrogen) atoms. The molecule has 0 amide bonds. The summed E-state index contributed by atoms with van der Waals surface area (Å²) in [5, 5.41) is 7.47. The minimum Gasteiger partial charge on any atom is -0.494 e. The van der Waals surface area contributed by atoms with Gasteiger partial charge in [-0.3, -0.25) is 4.90 Å². The third-order valence-corrected chi connectivity index (χ3v) is 5.71. The number of morpholine rings is 1. The molecule has 3 rings (SSSR count). The molecular formula is C20H31N3O2S. The number of hydrogen-bond donors (Lipinski definition) is 2. The maximum absolute atomic E-state index is 5.56. The number of hydrogen-bond acceptors (Lipinski definition) is 4. The molecular weight excluding hydrogens is 346 g/mol. The molecule has 2 fully saturated rings. The van der Waals surface area contributed by atoms with Crippen LogP contribution in [0.25, 0.3) is 0 Å². The van der Waals surface area contributed by atoms with Crippen LogP contribution in [-0.4, -0.2) is 55.0 Å². The Hall–Kier alpha value is -1.37. The van der Waals surface area contributed by atoms with E-state index in [0.29, 0.717) is 11.7 Å². The highest BCUT2D eigenvalue weighted by atomic mass is 32.1. The Kier molecular flexibility index (Phi) is 7.11. The van der Waals surface area contributed by atoms with Crippen molar-refractivity contribution in [1.82, 2.24) is 10.2 Å². The van der Waals surface area contributed by atoms with Gasteiger partial charge in [-0.1, -0.05) is 19.3 Å². The monoisotopic (exact) mass is 377 g/mol. The zero-order valence-corrected chi connectivity index (χ0v) is 16.6. The van der Waals surface area contributed by atoms with Crippen LogP contribution < -0.4 is 15.4 Å². The Labute approximate surface area is 162 Å². The molecule has 6 heteroatoms. The van der Waals surface area contributed by atoms with Crippen molar-refractivity contribution in [2.75, 3.05) is 44.8 Å². The minimum absolute atomic E-state index is 0.215. The summed E-state index contributed by atoms with van der Waals surface area (Å²) in [5.41, 5.74) is 1.20. The van der Waals surface area contributed by atoms with Gasteiger partial charge in [-0.25, -0.2) is 0 Å². The fourth-order valence-electron chi connectivity index (χ4n) is 4.07. The first-order valence-corrected chi connectivity index (χ1v) is 10.2. The van der Waals surface area contributed by atoms with Crippen molar-refractivity contribution in [3.8, 4) is 5.75 Å². The molecule has 1 aliphatic heterocycles. The van der Waals surface area contributed by atoms with Crippen LogP contribution in [0.15, 0.2) is 24.3 Å². The highest BCUT2D eigenvalue weighted by Crippen LogP contribution is 2.33. The summed E-state index contributed by atoms with van der Waals surface area (Å²) >= 11 is 5.54. The summed E-state index contributed by atoms with van der Waals surface area (Å²) in [7, 11) is 0. The molecule has 144 valence electrons. The summed E-state index contributed by atoms with van der Waals surface area (Å²) in [5.74, 6) is 0.880. The number of anilines is 1. The Morgan fingerprint density at radius 3 is 2.50 bits per heavy atom. The van der Waals surface area contributed by atoms with Gasteiger partial charge in [0.1, 0.15) is 5.75 Å². The molecule has 0 bridgehead atoms. The molecule has 0 radical (unpaired) electrons. The van der Waals surface area contributed by atoms with Gasteiger partial charge in [-0.2, -0.15) is 0 Å². The van der Waals surface area contributed by atoms with Crippen molar-refractivity contribution < 1.29 is 9.47 Å². The van der Waals surface area contributed by atoms with Crippen LogP contribution in [0.2, 0.25) is 0 Å². The first-order chi connectivity index (χ1) is 12.7. The number of nitrogens with zero attached hydrogens (tertiary/aromatic N) is 1. The van der Waals surface area contributed by atoms with Crippen LogP contribution in [0.5, 0.6) is 5.75 Å². The van der Waals surface area contributed by atoms with Crippen LogP contribution in [-0.2, 0) is 4.74 Å². The zero-order chi connectivity index (χ0) is 18.2. The predicted octanol–water partition coefficient (Wildman–Crippen LogP) is 3.41. The van der Waals surface area contributed by atoms with Gasteiger partial charge >= 0.3 is 0 Å². The van der Waals surface area contributed by atoms with Crippen LogP contribution in [0, 0.1) is 0 Å². The summed E-state index contributed by atoms with van der Waals surface area (Å²) in [6.07, 6.45) is 6.44. The fraction of sp³-hybridized carbons (Fsp3) is 0.650. The van der Waals surface area contributed by atoms with E-state index in [-0.39, 0.29) is 5.54 Å². The van der Waals surface area contributed by atoms with Crippen molar-refractivity contribution >= 4 is 23.0 Å². The number of thiocarbonyl (C=S) groups is 1. The van der Waals surface area contributed by atoms with E-state index in [1.54, 1.807) is 0 Å². The standard InChI is InChI=1S/C20H31N3O2S/c1-2-25-18-8-6-17(7-9-18)22-19(26)21-16-20(10-4-3-5-11-20)23-12-14-24-15-13-23/h6-9H,2-5,10-16H2,1H3,(H2,21,22,26). The minimum atomic E-state index is 0.215. The van der Waals surface area contributed by atoms with Crippen molar-refractivity contribution in [2.45, 2.75) is 44.6 Å². The van der Waals surface area contributed by atoms with E-state index < -0.39 is 0 Å². The molecule has 1 aromatic rings. The summed E-state index contributed by atoms with van der Waals surface area (Å²) in [4.78, 5) is 2.63. The van der Waals surface area contributed by atoms with Crippen LogP contribution in [0.3, 0.4) is 0 Å². The smallest absolute Gasteiger partial charge is 0.170 e. The topological polar surface area (TPSA) is 45.8 Å². The molecule has 1 aliphatic carbocycles. The molecule has 1 heterocycles. The molecule has 1 saturated heterocycles. The predicted molar refractivity (Wildman–Crippen MR) is 110 cm³/mol. The molecule has 0 atom stereocenters. The maximum atomic E-state index is 5.56. The number of ether oxygens (including phenoxy) is 2. The van der Waals surface area contributed by atoms with E-state index >= 15 is 0 Å². The van der Waals surface area contributed by atoms with E-state index in [1.807, 2.05) is 31.2 Å². The second kappa shape index (κ2) is 9.53. The first kappa shape index (κ1) is 19.4. The SMILES string of the molecule is CCOc1ccc(NC(=S)NCC2(N3CCOCC3)CCCCC2)cc1. The normalized spacial score (nSPS) is 20.3. The molecule has 0 aromatic heterocycles. The lowest BCUT2D eigenvalue weighted by molar-refractivity contribution is -0.0351. The lowest BCUT2D eigenvalue weighted by atomic mass is 9.80. The number of nitrogens with one attached hydrogen (secondary N) is 2. The lowest BCUT2D eigenvalue weighted by Crippen LogP contribution is -2.60. The summed E-state index contributed by atoms with van der Waals surface area (Å²) < 4.78 is 11.0. The molecule has 2 N–H and O–H groups in total. The Balaban J connectivity index is 1.55. The Morgan fingerprint density at radius 2 is 1.85 bits per heavy atom. The quantitative estimate of drug-likeness (QED) is 0.741. The van der Waals surface area contributed by atoms with Crippen molar-refractivity contribution in [3.63, 3.8) is 0 Å². The highest BCUT2D eigenvalue weighted by Gasteiger charge is 2.38. The van der Waals surface area contributed by atoms with Gasteiger partial charge in [0.15, 0.2) is 5.11 Å². The lowest BCUT2D eigenvalue weighted by Gasteiger charge is -2.48. The highest BCUT2D eigenvalue weighted by molar-refractivity contribution is 7.80. The van der Waals surface area contributed by atoms with E-state index in [1.165, 1.54) is 32.1 Å². The van der Waals surface area contributed by atoms with Gasteiger partial charge < -0.3 is 20.1 Å². The van der Waals surface area contributed by atoms with Gasteiger partial charge in [-0.05, 0) is 56.2 Å². The summed E-state index contributed by atoms with van der Waals surface area (Å²) in [6.45, 7) is 7.31. The second-order valence-corrected chi connectivity index (χ2v) is 7.56. The van der Waals surface area contributed by atoms with E-state index in [0.717, 1.165) is 44.3 Å². The molecule has 0 unspecified atom stereocenters. The third-order valence-electron chi connectivity index (χ3n) is 5.47. The van der Waals surface area contributed by atoms with Gasteiger partial charge in [0, 0.05) is 30.9 Å². The Bertz CT molecular complexity index is 567. The average molecular weight is 378 g/mol. The van der Waals surface area contributed by atoms with Crippen molar-refractivity contribution in [1.29, 1.82) is 0 Å². The van der Waals surface area contributed by atoms with Gasteiger partial charge in [0.25, 0.3) is 0 Å². The van der Waals surface area contributed by atoms with Crippen molar-refractivity contribution in [3.05, 3.63) is 24.3 Å². The van der Waals surface area contributed by atoms with Gasteiger partial charge in [0.05, 0.1) is 19.8 Å². The van der Waals surface area contributed by atoms with E-state index in [2.05, 4.69) is 15.5 Å². The largest absolute Gasteiger partial charge is 0.494 e. The van der Waals surface area contributed by atoms with Crippen molar-refractivity contribution in [2.24, 2.45) is 0 Å². The van der Waals surface area contributed by atoms with Crippen LogP contribution in [0.4, 0.5) is 5.69 Å². The molecule has 0 spiro atoms. The van der Waals surface area contributed by atoms with Crippen LogP contribution in [0.1, 0.15) is 39.0 Å². The third kappa shape index (κ3) is 5.09. The van der Waals surface area contributed by atoms with E-state index in [4.69, 9.17) is 21.7 Å². The number of benzene rings is 1. The molecule has 1 saturated carbocycles. The van der Waals surface area contributed by atoms with Gasteiger partial charge in [-0.15, -0.1) is 0 Å². The fourth-order valence-corrected chi connectivity index (χ4v) is 4.26. The first-order valence-electron chi connectivity index (χ1n) is 9.82. The Morgan fingerprint density at radius 1 is 1.15 bits per heavy atom. The average Bonchev–Trinajstić information content (AvgIpc) is 2.70. The molecule has 5 nitrogen and oxygen atoms in total. The second-order valence-electron chi connectivity index (χ2n) is 7.15. The van der Waals surface area contributed by atoms with Gasteiger partial charge in [0.2, 0.25) is 0 Å². The zero-order valence-electron chi connectivity index (χ0n) is 15.8.